The van der Waals surface area contributed by atoms with Crippen LogP contribution >= 0.6 is 11.6 Å². The van der Waals surface area contributed by atoms with Crippen molar-refractivity contribution in [2.75, 3.05) is 4.90 Å². The Morgan fingerprint density at radius 1 is 0.789 bits per heavy atom. The van der Waals surface area contributed by atoms with Crippen LogP contribution in [0, 0.1) is 17.7 Å². The lowest BCUT2D eigenvalue weighted by Gasteiger charge is -2.32. The Balaban J connectivity index is 1.43. The highest BCUT2D eigenvalue weighted by molar-refractivity contribution is 6.30. The fourth-order valence-corrected chi connectivity index (χ4v) is 5.71. The first kappa shape index (κ1) is 24.0. The summed E-state index contributed by atoms with van der Waals surface area (Å²) in [5, 5.41) is 0.461. The number of hydrogen-bond donors (Lipinski definition) is 0. The zero-order valence-electron chi connectivity index (χ0n) is 19.8. The van der Waals surface area contributed by atoms with Gasteiger partial charge in [0.2, 0.25) is 11.8 Å². The average Bonchev–Trinajstić information content (AvgIpc) is 3.41. The van der Waals surface area contributed by atoms with Crippen LogP contribution < -0.4 is 4.90 Å². The lowest BCUT2D eigenvalue weighted by molar-refractivity contribution is -0.123. The van der Waals surface area contributed by atoms with Gasteiger partial charge in [-0.2, -0.15) is 0 Å². The van der Waals surface area contributed by atoms with Crippen molar-refractivity contribution in [1.29, 1.82) is 0 Å². The number of halogens is 2. The number of nitrogens with zero attached hydrogens (tertiary/aromatic N) is 2. The molecule has 2 fully saturated rings. The van der Waals surface area contributed by atoms with E-state index in [1.165, 1.54) is 24.3 Å². The molecule has 2 amide bonds. The number of hydrogen-bond acceptors (Lipinski definition) is 5. The van der Waals surface area contributed by atoms with Crippen LogP contribution in [0.1, 0.15) is 20.7 Å². The SMILES string of the molecule is O=C(C1=C[C@@H]2[C@@H]3C(=O)N(c4ccc(F)cc4)C(=O)[C@@H]3[C@H](C(=O)c3ccc(Cl)cc3)N2C=C1)c1ccccc1. The number of Topliss-reactive ketones (excluding diaryl/α,β-unsaturated/α-hetero) is 2. The topological polar surface area (TPSA) is 74.8 Å². The molecule has 4 atom stereocenters. The molecule has 0 N–H and O–H groups in total. The summed E-state index contributed by atoms with van der Waals surface area (Å²) in [4.78, 5) is 57.2. The number of anilines is 1. The number of rotatable bonds is 5. The van der Waals surface area contributed by atoms with Gasteiger partial charge in [-0.15, -0.1) is 0 Å². The van der Waals surface area contributed by atoms with E-state index in [-0.39, 0.29) is 17.3 Å². The van der Waals surface area contributed by atoms with Gasteiger partial charge in [-0.3, -0.25) is 19.2 Å². The first-order chi connectivity index (χ1) is 18.3. The van der Waals surface area contributed by atoms with Crippen molar-refractivity contribution >= 4 is 40.7 Å². The van der Waals surface area contributed by atoms with Crippen LogP contribution in [0.2, 0.25) is 5.02 Å². The van der Waals surface area contributed by atoms with Crippen LogP contribution in [0.4, 0.5) is 10.1 Å². The summed E-state index contributed by atoms with van der Waals surface area (Å²) in [6.45, 7) is 0. The third-order valence-electron chi connectivity index (χ3n) is 7.33. The molecule has 6 nitrogen and oxygen atoms in total. The predicted molar refractivity (Wildman–Crippen MR) is 139 cm³/mol. The molecule has 2 saturated heterocycles. The molecular weight excluding hydrogens is 507 g/mol. The van der Waals surface area contributed by atoms with Gasteiger partial charge in [0, 0.05) is 27.9 Å². The Morgan fingerprint density at radius 3 is 2.13 bits per heavy atom. The maximum absolute atomic E-state index is 13.8. The molecule has 188 valence electrons. The third kappa shape index (κ3) is 3.78. The maximum Gasteiger partial charge on any atom is 0.240 e. The molecule has 3 aliphatic rings. The number of amides is 2. The van der Waals surface area contributed by atoms with E-state index in [0.29, 0.717) is 21.7 Å². The molecule has 3 aliphatic heterocycles. The van der Waals surface area contributed by atoms with Gasteiger partial charge in [0.15, 0.2) is 11.6 Å². The molecule has 0 bridgehead atoms. The Morgan fingerprint density at radius 2 is 1.45 bits per heavy atom. The first-order valence-electron chi connectivity index (χ1n) is 12.1. The second kappa shape index (κ2) is 9.19. The summed E-state index contributed by atoms with van der Waals surface area (Å²) in [6, 6.07) is 18.5. The number of ketones is 2. The largest absolute Gasteiger partial charge is 0.359 e. The fraction of sp³-hybridized carbons (Fsp3) is 0.133. The van der Waals surface area contributed by atoms with E-state index < -0.39 is 41.6 Å². The van der Waals surface area contributed by atoms with E-state index in [0.717, 1.165) is 4.90 Å². The molecule has 3 aromatic rings. The van der Waals surface area contributed by atoms with E-state index in [1.54, 1.807) is 71.8 Å². The number of imide groups is 1. The smallest absolute Gasteiger partial charge is 0.240 e. The summed E-state index contributed by atoms with van der Waals surface area (Å²) in [6.07, 6.45) is 4.91. The Labute approximate surface area is 222 Å². The molecule has 0 unspecified atom stereocenters. The highest BCUT2D eigenvalue weighted by Crippen LogP contribution is 2.47. The molecule has 8 heteroatoms. The summed E-state index contributed by atoms with van der Waals surface area (Å²) in [7, 11) is 0. The predicted octanol–water partition coefficient (Wildman–Crippen LogP) is 4.86. The molecule has 0 aliphatic carbocycles. The first-order valence-corrected chi connectivity index (χ1v) is 12.4. The number of carbonyl (C=O) groups excluding carboxylic acids is 4. The van der Waals surface area contributed by atoms with Gasteiger partial charge < -0.3 is 4.90 Å². The normalized spacial score (nSPS) is 23.8. The van der Waals surface area contributed by atoms with Crippen LogP contribution in [0.3, 0.4) is 0 Å². The van der Waals surface area contributed by atoms with Crippen molar-refractivity contribution in [2.24, 2.45) is 11.8 Å². The Hall–Kier alpha value is -4.36. The zero-order valence-corrected chi connectivity index (χ0v) is 20.6. The highest BCUT2D eigenvalue weighted by atomic mass is 35.5. The molecule has 0 aromatic heterocycles. The number of carbonyl (C=O) groups is 4. The van der Waals surface area contributed by atoms with E-state index in [4.69, 9.17) is 11.6 Å². The molecule has 38 heavy (non-hydrogen) atoms. The van der Waals surface area contributed by atoms with Gasteiger partial charge in [-0.1, -0.05) is 48.0 Å². The summed E-state index contributed by atoms with van der Waals surface area (Å²) in [5.74, 6) is -3.99. The minimum Gasteiger partial charge on any atom is -0.359 e. The van der Waals surface area contributed by atoms with Crippen LogP contribution in [-0.4, -0.2) is 40.4 Å². The lowest BCUT2D eigenvalue weighted by atomic mass is 9.85. The van der Waals surface area contributed by atoms with E-state index in [2.05, 4.69) is 0 Å². The van der Waals surface area contributed by atoms with Crippen molar-refractivity contribution in [3.05, 3.63) is 125 Å². The quantitative estimate of drug-likeness (QED) is 0.351. The minimum absolute atomic E-state index is 0.224. The summed E-state index contributed by atoms with van der Waals surface area (Å²) >= 11 is 6.01. The molecular formula is C30H20ClFN2O4. The van der Waals surface area contributed by atoms with Crippen molar-refractivity contribution in [3.63, 3.8) is 0 Å². The van der Waals surface area contributed by atoms with Crippen LogP contribution in [-0.2, 0) is 9.59 Å². The van der Waals surface area contributed by atoms with Crippen molar-refractivity contribution in [1.82, 2.24) is 4.90 Å². The maximum atomic E-state index is 13.8. The van der Waals surface area contributed by atoms with Crippen molar-refractivity contribution in [3.8, 4) is 0 Å². The molecule has 6 rings (SSSR count). The van der Waals surface area contributed by atoms with Crippen LogP contribution in [0.5, 0.6) is 0 Å². The molecule has 3 heterocycles. The van der Waals surface area contributed by atoms with Crippen LogP contribution in [0.15, 0.2) is 103 Å². The summed E-state index contributed by atoms with van der Waals surface area (Å²) < 4.78 is 13.6. The zero-order chi connectivity index (χ0) is 26.6. The second-order valence-corrected chi connectivity index (χ2v) is 9.86. The second-order valence-electron chi connectivity index (χ2n) is 9.43. The van der Waals surface area contributed by atoms with Gasteiger partial charge in [0.05, 0.1) is 23.6 Å². The Kier molecular flexibility index (Phi) is 5.80. The van der Waals surface area contributed by atoms with Gasteiger partial charge in [0.25, 0.3) is 0 Å². The third-order valence-corrected chi connectivity index (χ3v) is 7.58. The monoisotopic (exact) mass is 526 g/mol. The van der Waals surface area contributed by atoms with Gasteiger partial charge in [-0.05, 0) is 54.6 Å². The lowest BCUT2D eigenvalue weighted by Crippen LogP contribution is -2.46. The van der Waals surface area contributed by atoms with E-state index in [1.807, 2.05) is 6.07 Å². The molecule has 0 spiro atoms. The average molecular weight is 527 g/mol. The standard InChI is InChI=1S/C30H20ClFN2O4/c31-20-8-6-18(7-9-20)28(36)26-25-24(29(37)34(30(25)38)22-12-10-21(32)11-13-22)23-16-19(14-15-33(23)26)27(35)17-4-2-1-3-5-17/h1-16,23-26H/t23-,24+,25+,26-/m1/s1. The summed E-state index contributed by atoms with van der Waals surface area (Å²) in [5.41, 5.74) is 1.44. The Bertz CT molecular complexity index is 1530. The number of benzene rings is 3. The van der Waals surface area contributed by atoms with Gasteiger partial charge in [-0.25, -0.2) is 9.29 Å². The van der Waals surface area contributed by atoms with E-state index in [9.17, 15) is 23.6 Å². The number of fused-ring (bicyclic) bond motifs is 3. The van der Waals surface area contributed by atoms with Crippen molar-refractivity contribution in [2.45, 2.75) is 12.1 Å². The van der Waals surface area contributed by atoms with Gasteiger partial charge in [0.1, 0.15) is 11.9 Å². The minimum atomic E-state index is -0.993. The molecule has 0 radical (unpaired) electrons. The number of allylic oxidation sites excluding steroid dienone is 2. The van der Waals surface area contributed by atoms with Gasteiger partial charge >= 0.3 is 0 Å². The van der Waals surface area contributed by atoms with Crippen molar-refractivity contribution < 1.29 is 23.6 Å². The van der Waals surface area contributed by atoms with Crippen LogP contribution in [0.25, 0.3) is 0 Å². The molecule has 3 aromatic carbocycles. The highest BCUT2D eigenvalue weighted by Gasteiger charge is 2.63. The van der Waals surface area contributed by atoms with E-state index >= 15 is 0 Å². The molecule has 0 saturated carbocycles. The fourth-order valence-electron chi connectivity index (χ4n) is 5.58.